The molecule has 0 fully saturated rings. The molecule has 0 saturated heterocycles. The summed E-state index contributed by atoms with van der Waals surface area (Å²) in [6, 6.07) is 4.63. The van der Waals surface area contributed by atoms with E-state index in [1.807, 2.05) is 57.9 Å². The molecule has 0 saturated carbocycles. The minimum atomic E-state index is -1.30. The number of carbonyl (C=O) groups excluding carboxylic acids is 3. The molecule has 44 radical (unpaired) electrons. The number of aryl methyl sites for hydroxylation is 1. The highest BCUT2D eigenvalue weighted by atomic mass is 16.6. The maximum absolute atomic E-state index is 13.4. The topological polar surface area (TPSA) is 155 Å². The second-order valence-corrected chi connectivity index (χ2v) is 26.0. The largest absolute Gasteiger partial charge is 0.480 e. The maximum Gasteiger partial charge on any atom is 0.408 e. The molecule has 1 aromatic heterocycles. The van der Waals surface area contributed by atoms with Gasteiger partial charge in [0.25, 0.3) is 0 Å². The Morgan fingerprint density at radius 1 is 0.560 bits per heavy atom. The Labute approximate surface area is 585 Å². The average molecular weight is 1140 g/mol. The highest BCUT2D eigenvalue weighted by molar-refractivity contribution is 8.33. The number of carboxylic acid groups (broad SMARTS) is 1. The molecule has 1 aromatic carbocycles. The summed E-state index contributed by atoms with van der Waals surface area (Å²) in [5.74, 6) is -1.18. The maximum atomic E-state index is 13.4. The van der Waals surface area contributed by atoms with Gasteiger partial charge >= 0.3 is 18.2 Å². The van der Waals surface area contributed by atoms with Gasteiger partial charge in [0.2, 0.25) is 5.91 Å². The number of carboxylic acids is 1. The first kappa shape index (κ1) is 87.4. The molecule has 1 aliphatic rings. The first-order valence-corrected chi connectivity index (χ1v) is 30.8. The Morgan fingerprint density at radius 2 is 0.901 bits per heavy atom. The van der Waals surface area contributed by atoms with Crippen LogP contribution in [0.1, 0.15) is 105 Å². The second-order valence-electron chi connectivity index (χ2n) is 26.0. The standard InChI is InChI=1S/C25H37N5O3.C11H21NO4.B42/c1-7-8-9-21(27-24(32)33-25(2,3)4)23(31)29(6)20-11-10-18-12-13-30(22(18)14-20)16-19-15-28(5)17-26-19;1-5-6-7-8(9(13)14)12-10(15)16-11(2,3)4;1-23(2)34(24(3)4)39(33(21)22)42(40(35(25(5)6)26(7)8)36(27(9)10)28(11)12)41(37(29(13)14)30(15)16)38(31(17)18)32(19)20/h10-11,14-15,17,21H,7-9,12-13,16H2,1-6H3,(H,27,32);8H,5-7H2,1-4H3,(H,12,15)(H,13,14);/t21-;8-;/m00./s1. The van der Waals surface area contributed by atoms with E-state index in [1.165, 1.54) is 5.56 Å². The summed E-state index contributed by atoms with van der Waals surface area (Å²) in [5, 5.41) is 14.0. The SMILES string of the molecule is CCCC[C@H](NC(=O)OC(C)(C)C)C(=O)N(C)c1ccc2c(c1)N(Cc1cn(C)cn1)CC2.CCCC[C@H](NC(=O)OC(C)(C)C)C(=O)O.[B]B([B])B(B([B])[B])B(B([B])[B])B(B(B(B([B])[B])B([B])[B])B(B([B])[B])B([B])[B])B(B(B([B])[B])B([B])[B])B(B([B])[B])B([B])[B]. The Hall–Kier alpha value is -1.56. The van der Waals surface area contributed by atoms with Gasteiger partial charge in [-0.25, -0.2) is 19.4 Å². The van der Waals surface area contributed by atoms with Crippen molar-refractivity contribution < 1.29 is 33.8 Å². The fourth-order valence-electron chi connectivity index (χ4n) is 12.1. The van der Waals surface area contributed by atoms with Crippen molar-refractivity contribution in [3.05, 3.63) is 42.0 Å². The Bertz CT molecular complexity index is 2360. The van der Waals surface area contributed by atoms with E-state index in [4.69, 9.17) is 185 Å². The molecule has 1 aliphatic heterocycles. The van der Waals surface area contributed by atoms with Gasteiger partial charge in [-0.1, -0.05) is 45.6 Å². The third-order valence-electron chi connectivity index (χ3n) is 16.0. The van der Waals surface area contributed by atoms with E-state index in [-0.39, 0.29) is 5.91 Å². The molecular weight excluding hydrogens is 1080 g/mol. The van der Waals surface area contributed by atoms with E-state index >= 15 is 0 Å². The first-order chi connectivity index (χ1) is 41.9. The number of nitrogens with one attached hydrogen (secondary N) is 2. The Morgan fingerprint density at radius 3 is 1.22 bits per heavy atom. The van der Waals surface area contributed by atoms with Crippen LogP contribution in [-0.2, 0) is 39.1 Å². The summed E-state index contributed by atoms with van der Waals surface area (Å²) < 4.78 is 12.3. The van der Waals surface area contributed by atoms with E-state index in [0.717, 1.165) is 62.3 Å². The highest BCUT2D eigenvalue weighted by Gasteiger charge is 2.58. The van der Waals surface area contributed by atoms with Crippen LogP contribution in [-0.4, -0.2) is 374 Å². The Kier molecular flexibility index (Phi) is 39.4. The molecule has 2 atom stereocenters. The fourth-order valence-corrected chi connectivity index (χ4v) is 12.1. The van der Waals surface area contributed by atoms with Crippen molar-refractivity contribution in [2.75, 3.05) is 23.4 Å². The van der Waals surface area contributed by atoms with E-state index in [1.54, 1.807) is 32.7 Å². The van der Waals surface area contributed by atoms with Crippen LogP contribution in [0.25, 0.3) is 0 Å². The molecule has 2 heterocycles. The highest BCUT2D eigenvalue weighted by Crippen LogP contribution is 2.33. The third kappa shape index (κ3) is 28.8. The van der Waals surface area contributed by atoms with Crippen molar-refractivity contribution in [2.45, 2.75) is 130 Å². The second kappa shape index (κ2) is 41.0. The average Bonchev–Trinajstić information content (AvgIpc) is 1.24. The van der Waals surface area contributed by atoms with Crippen LogP contribution in [0.4, 0.5) is 21.0 Å². The number of carbonyl (C=O) groups is 4. The molecule has 0 spiro atoms. The van der Waals surface area contributed by atoms with Crippen LogP contribution in [0.5, 0.6) is 0 Å². The van der Waals surface area contributed by atoms with Crippen LogP contribution in [0.15, 0.2) is 30.7 Å². The van der Waals surface area contributed by atoms with Gasteiger partial charge in [0, 0.05) is 336 Å². The molecule has 3 rings (SSSR count). The zero-order chi connectivity index (χ0) is 70.5. The number of alkyl carbamates (subject to hydrolysis) is 2. The molecule has 3 N–H and O–H groups in total. The molecule has 0 unspecified atom stereocenters. The number of fused-ring (bicyclic) bond motifs is 1. The fraction of sp³-hybridized carbons (Fsp3) is 0.639. The number of aliphatic carboxylic acids is 1. The summed E-state index contributed by atoms with van der Waals surface area (Å²) in [7, 11) is 142. The lowest BCUT2D eigenvalue weighted by atomic mass is 8.27. The number of aromatic nitrogens is 2. The predicted octanol–water partition coefficient (Wildman–Crippen LogP) is -9.81. The number of hydrogen-bond acceptors (Lipinski definition) is 8. The summed E-state index contributed by atoms with van der Waals surface area (Å²) >= 11 is 0. The summed E-state index contributed by atoms with van der Waals surface area (Å²) in [6.45, 7) is 16.3. The predicted molar refractivity (Wildman–Crippen MR) is 432 cm³/mol. The van der Waals surface area contributed by atoms with E-state index in [2.05, 4.69) is 39.6 Å². The summed E-state index contributed by atoms with van der Waals surface area (Å²) in [4.78, 5) is 56.3. The number of likely N-dealkylation sites (N-methyl/N-ethyl adjacent to an activating group) is 1. The van der Waals surface area contributed by atoms with Gasteiger partial charge in [0.1, 0.15) is 23.3 Å². The van der Waals surface area contributed by atoms with Crippen molar-refractivity contribution in [3.8, 4) is 0 Å². The smallest absolute Gasteiger partial charge is 0.408 e. The van der Waals surface area contributed by atoms with Crippen LogP contribution < -0.4 is 20.4 Å². The molecule has 91 heavy (non-hydrogen) atoms. The van der Waals surface area contributed by atoms with Crippen LogP contribution >= 0.6 is 0 Å². The van der Waals surface area contributed by atoms with Crippen molar-refractivity contribution in [2.24, 2.45) is 7.05 Å². The van der Waals surface area contributed by atoms with Crippen molar-refractivity contribution in [1.82, 2.24) is 20.2 Å². The number of imidazole rings is 1. The van der Waals surface area contributed by atoms with E-state index in [9.17, 15) is 19.2 Å². The van der Waals surface area contributed by atoms with Crippen LogP contribution in [0, 0.1) is 0 Å². The number of rotatable bonds is 32. The van der Waals surface area contributed by atoms with Crippen molar-refractivity contribution in [3.63, 3.8) is 0 Å². The summed E-state index contributed by atoms with van der Waals surface area (Å²) in [6.07, 6.45) is -15.5. The zero-order valence-electron chi connectivity index (χ0n) is 55.3. The van der Waals surface area contributed by atoms with Gasteiger partial charge in [-0.15, -0.1) is 0 Å². The molecule has 0 aliphatic carbocycles. The number of amides is 3. The van der Waals surface area contributed by atoms with Crippen molar-refractivity contribution >= 4 is 333 Å². The summed E-state index contributed by atoms with van der Waals surface area (Å²) in [5.41, 5.74) is 2.98. The van der Waals surface area contributed by atoms with E-state index in [0.29, 0.717) is 12.8 Å². The lowest BCUT2D eigenvalue weighted by Crippen LogP contribution is -2.93. The van der Waals surface area contributed by atoms with Gasteiger partial charge in [-0.05, 0) is 78.5 Å². The lowest BCUT2D eigenvalue weighted by Gasteiger charge is -2.55. The number of benzene rings is 1. The Balaban J connectivity index is 0.000000746. The molecule has 0 bridgehead atoms. The number of anilines is 2. The molecule has 13 nitrogen and oxygen atoms in total. The van der Waals surface area contributed by atoms with Gasteiger partial charge in [0.15, 0.2) is 0 Å². The van der Waals surface area contributed by atoms with E-state index < -0.39 is 169 Å². The minimum Gasteiger partial charge on any atom is -0.480 e. The minimum absolute atomic E-state index is 0.150. The lowest BCUT2D eigenvalue weighted by molar-refractivity contribution is -0.139. The van der Waals surface area contributed by atoms with Gasteiger partial charge in [0.05, 0.1) is 18.6 Å². The normalized spacial score (nSPS) is 11.8. The van der Waals surface area contributed by atoms with Crippen LogP contribution in [0.3, 0.4) is 0 Å². The number of unbranched alkanes of at least 4 members (excludes halogenated alkanes) is 2. The number of ether oxygens (including phenoxy) is 2. The molecular formula is C36H58B42N6O7. The monoisotopic (exact) mass is 1150 g/mol. The quantitative estimate of drug-likeness (QED) is 0.0607. The van der Waals surface area contributed by atoms with Crippen molar-refractivity contribution in [1.29, 1.82) is 0 Å². The van der Waals surface area contributed by atoms with Gasteiger partial charge in [-0.3, -0.25) is 4.79 Å². The third-order valence-corrected chi connectivity index (χ3v) is 16.0. The molecule has 3 amide bonds. The first-order valence-electron chi connectivity index (χ1n) is 30.8. The molecule has 2 aromatic rings. The number of nitrogens with zero attached hydrogens (tertiary/aromatic N) is 4. The zero-order valence-corrected chi connectivity index (χ0v) is 55.3. The van der Waals surface area contributed by atoms with Gasteiger partial charge in [-0.2, -0.15) is 0 Å². The number of hydrogen-bond donors (Lipinski definition) is 3. The molecule has 400 valence electrons. The van der Waals surface area contributed by atoms with Gasteiger partial charge < -0.3 is 39.6 Å². The molecule has 55 heteroatoms. The van der Waals surface area contributed by atoms with Crippen LogP contribution in [0.2, 0.25) is 0 Å².